The van der Waals surface area contributed by atoms with Crippen molar-refractivity contribution in [3.8, 4) is 0 Å². The van der Waals surface area contributed by atoms with Crippen molar-refractivity contribution in [2.75, 3.05) is 7.11 Å². The Kier molecular flexibility index (Phi) is 5.75. The molecular formula is C9H16O2. The third-order valence-electron chi connectivity index (χ3n) is 1.63. The summed E-state index contributed by atoms with van der Waals surface area (Å²) in [6, 6.07) is 0. The highest BCUT2D eigenvalue weighted by Crippen LogP contribution is 2.09. The molecule has 0 heterocycles. The van der Waals surface area contributed by atoms with E-state index in [1.807, 2.05) is 6.08 Å². The summed E-state index contributed by atoms with van der Waals surface area (Å²) in [5.74, 6) is 0.497. The van der Waals surface area contributed by atoms with Gasteiger partial charge in [0.2, 0.25) is 0 Å². The highest BCUT2D eigenvalue weighted by molar-refractivity contribution is 5.64. The van der Waals surface area contributed by atoms with Crippen molar-refractivity contribution in [1.29, 1.82) is 0 Å². The van der Waals surface area contributed by atoms with Gasteiger partial charge >= 0.3 is 0 Å². The summed E-state index contributed by atoms with van der Waals surface area (Å²) >= 11 is 0. The van der Waals surface area contributed by atoms with Crippen LogP contribution in [0.2, 0.25) is 0 Å². The maximum atomic E-state index is 9.92. The van der Waals surface area contributed by atoms with Gasteiger partial charge in [0.25, 0.3) is 0 Å². The first-order valence-corrected chi connectivity index (χ1v) is 3.85. The number of carbonyl (C=O) groups excluding carboxylic acids is 1. The number of methoxy groups -OCH3 is 1. The van der Waals surface area contributed by atoms with Crippen LogP contribution in [-0.2, 0) is 9.53 Å². The first-order valence-electron chi connectivity index (χ1n) is 3.85. The van der Waals surface area contributed by atoms with Crippen LogP contribution >= 0.6 is 0 Å². The average Bonchev–Trinajstić information content (AvgIpc) is 1.97. The minimum atomic E-state index is 0.228. The van der Waals surface area contributed by atoms with Crippen LogP contribution in [0.5, 0.6) is 0 Å². The van der Waals surface area contributed by atoms with E-state index in [0.717, 1.165) is 12.7 Å². The second-order valence-electron chi connectivity index (χ2n) is 2.82. The Bertz CT molecular complexity index is 128. The average molecular weight is 156 g/mol. The Morgan fingerprint density at radius 1 is 1.45 bits per heavy atom. The predicted molar refractivity (Wildman–Crippen MR) is 45.5 cm³/mol. The van der Waals surface area contributed by atoms with Crippen LogP contribution in [0.1, 0.15) is 20.3 Å². The van der Waals surface area contributed by atoms with Crippen LogP contribution in [0.4, 0.5) is 0 Å². The van der Waals surface area contributed by atoms with Gasteiger partial charge < -0.3 is 4.74 Å². The summed E-state index contributed by atoms with van der Waals surface area (Å²) in [4.78, 5) is 9.92. The van der Waals surface area contributed by atoms with Crippen molar-refractivity contribution < 1.29 is 9.53 Å². The minimum Gasteiger partial charge on any atom is -0.381 e. The standard InChI is InChI=1S/C9H16O2/c1-8(2)9(11-3)6-4-5-7-10/h4-5,7-9H,6H2,1-3H3. The van der Waals surface area contributed by atoms with Gasteiger partial charge in [-0.05, 0) is 18.4 Å². The maximum absolute atomic E-state index is 9.92. The van der Waals surface area contributed by atoms with Crippen molar-refractivity contribution in [2.45, 2.75) is 26.4 Å². The van der Waals surface area contributed by atoms with Gasteiger partial charge in [0.05, 0.1) is 6.10 Å². The predicted octanol–water partition coefficient (Wildman–Crippen LogP) is 1.80. The molecule has 2 heteroatoms. The molecule has 0 amide bonds. The van der Waals surface area contributed by atoms with Crippen LogP contribution in [0, 0.1) is 5.92 Å². The number of carbonyl (C=O) groups is 1. The molecule has 0 saturated heterocycles. The number of allylic oxidation sites excluding steroid dienone is 1. The Balaban J connectivity index is 3.68. The van der Waals surface area contributed by atoms with Crippen LogP contribution < -0.4 is 0 Å². The summed E-state index contributed by atoms with van der Waals surface area (Å²) in [5, 5.41) is 0. The van der Waals surface area contributed by atoms with Crippen LogP contribution in [0.3, 0.4) is 0 Å². The van der Waals surface area contributed by atoms with Crippen molar-refractivity contribution in [3.63, 3.8) is 0 Å². The van der Waals surface area contributed by atoms with E-state index >= 15 is 0 Å². The minimum absolute atomic E-state index is 0.228. The lowest BCUT2D eigenvalue weighted by atomic mass is 10.0. The highest BCUT2D eigenvalue weighted by Gasteiger charge is 2.08. The summed E-state index contributed by atoms with van der Waals surface area (Å²) in [7, 11) is 1.69. The molecule has 0 fully saturated rings. The van der Waals surface area contributed by atoms with Crippen molar-refractivity contribution in [1.82, 2.24) is 0 Å². The second-order valence-corrected chi connectivity index (χ2v) is 2.82. The van der Waals surface area contributed by atoms with Crippen molar-refractivity contribution in [3.05, 3.63) is 12.2 Å². The Labute approximate surface area is 68.2 Å². The molecular weight excluding hydrogens is 140 g/mol. The molecule has 0 aromatic rings. The van der Waals surface area contributed by atoms with E-state index in [-0.39, 0.29) is 6.10 Å². The van der Waals surface area contributed by atoms with Crippen LogP contribution in [0.15, 0.2) is 12.2 Å². The molecule has 64 valence electrons. The molecule has 0 aliphatic carbocycles. The lowest BCUT2D eigenvalue weighted by Crippen LogP contribution is -2.16. The number of hydrogen-bond acceptors (Lipinski definition) is 2. The van der Waals surface area contributed by atoms with E-state index in [9.17, 15) is 4.79 Å². The second kappa shape index (κ2) is 6.10. The fraction of sp³-hybridized carbons (Fsp3) is 0.667. The van der Waals surface area contributed by atoms with Gasteiger partial charge in [-0.3, -0.25) is 4.79 Å². The zero-order chi connectivity index (χ0) is 8.69. The first-order chi connectivity index (χ1) is 5.22. The maximum Gasteiger partial charge on any atom is 0.142 e. The van der Waals surface area contributed by atoms with Gasteiger partial charge in [-0.1, -0.05) is 19.9 Å². The molecule has 2 nitrogen and oxygen atoms in total. The molecule has 1 atom stereocenters. The largest absolute Gasteiger partial charge is 0.381 e. The van der Waals surface area contributed by atoms with Gasteiger partial charge in [0.1, 0.15) is 6.29 Å². The molecule has 0 aromatic carbocycles. The third kappa shape index (κ3) is 4.73. The monoisotopic (exact) mass is 156 g/mol. The van der Waals surface area contributed by atoms with Crippen molar-refractivity contribution >= 4 is 6.29 Å². The van der Waals surface area contributed by atoms with E-state index in [4.69, 9.17) is 4.74 Å². The van der Waals surface area contributed by atoms with E-state index in [2.05, 4.69) is 13.8 Å². The van der Waals surface area contributed by atoms with Gasteiger partial charge in [-0.2, -0.15) is 0 Å². The summed E-state index contributed by atoms with van der Waals surface area (Å²) in [6.07, 6.45) is 5.17. The number of hydrogen-bond donors (Lipinski definition) is 0. The van der Waals surface area contributed by atoms with Crippen LogP contribution in [-0.4, -0.2) is 19.5 Å². The molecule has 0 saturated carbocycles. The smallest absolute Gasteiger partial charge is 0.142 e. The van der Waals surface area contributed by atoms with Gasteiger partial charge in [-0.25, -0.2) is 0 Å². The normalized spacial score (nSPS) is 14.2. The summed E-state index contributed by atoms with van der Waals surface area (Å²) in [6.45, 7) is 4.20. The lowest BCUT2D eigenvalue weighted by Gasteiger charge is -2.16. The van der Waals surface area contributed by atoms with Gasteiger partial charge in [0, 0.05) is 7.11 Å². The number of ether oxygens (including phenoxy) is 1. The fourth-order valence-corrected chi connectivity index (χ4v) is 0.909. The van der Waals surface area contributed by atoms with E-state index in [1.165, 1.54) is 6.08 Å². The number of aldehydes is 1. The lowest BCUT2D eigenvalue weighted by molar-refractivity contribution is -0.104. The molecule has 0 rings (SSSR count). The van der Waals surface area contributed by atoms with E-state index in [1.54, 1.807) is 7.11 Å². The first kappa shape index (κ1) is 10.4. The summed E-state index contributed by atoms with van der Waals surface area (Å²) in [5.41, 5.74) is 0. The quantitative estimate of drug-likeness (QED) is 0.448. The third-order valence-corrected chi connectivity index (χ3v) is 1.63. The fourth-order valence-electron chi connectivity index (χ4n) is 0.909. The molecule has 0 spiro atoms. The molecule has 0 N–H and O–H groups in total. The van der Waals surface area contributed by atoms with Gasteiger partial charge in [0.15, 0.2) is 0 Å². The topological polar surface area (TPSA) is 26.3 Å². The number of rotatable bonds is 5. The Hall–Kier alpha value is -0.630. The highest BCUT2D eigenvalue weighted by atomic mass is 16.5. The SMILES string of the molecule is COC(CC=CC=O)C(C)C. The molecule has 0 aliphatic rings. The van der Waals surface area contributed by atoms with E-state index < -0.39 is 0 Å². The van der Waals surface area contributed by atoms with E-state index in [0.29, 0.717) is 5.92 Å². The Morgan fingerprint density at radius 3 is 2.45 bits per heavy atom. The zero-order valence-corrected chi connectivity index (χ0v) is 7.41. The zero-order valence-electron chi connectivity index (χ0n) is 7.41. The molecule has 11 heavy (non-hydrogen) atoms. The van der Waals surface area contributed by atoms with Crippen LogP contribution in [0.25, 0.3) is 0 Å². The molecule has 1 unspecified atom stereocenters. The Morgan fingerprint density at radius 2 is 2.09 bits per heavy atom. The van der Waals surface area contributed by atoms with Gasteiger partial charge in [-0.15, -0.1) is 0 Å². The molecule has 0 radical (unpaired) electrons. The van der Waals surface area contributed by atoms with Crippen molar-refractivity contribution in [2.24, 2.45) is 5.92 Å². The summed E-state index contributed by atoms with van der Waals surface area (Å²) < 4.78 is 5.19. The molecule has 0 aromatic heterocycles. The molecule has 0 bridgehead atoms. The molecule has 0 aliphatic heterocycles.